The van der Waals surface area contributed by atoms with Gasteiger partial charge < -0.3 is 14.7 Å². The molecule has 2 fully saturated rings. The van der Waals surface area contributed by atoms with Crippen LogP contribution in [0.15, 0.2) is 34.8 Å². The van der Waals surface area contributed by atoms with Gasteiger partial charge in [0.05, 0.1) is 10.8 Å². The second-order valence-corrected chi connectivity index (χ2v) is 9.26. The summed E-state index contributed by atoms with van der Waals surface area (Å²) in [6.07, 6.45) is 3.91. The molecule has 3 heterocycles. The second kappa shape index (κ2) is 5.29. The van der Waals surface area contributed by atoms with Gasteiger partial charge >= 0.3 is 5.97 Å². The third kappa shape index (κ3) is 1.91. The maximum atomic E-state index is 13.0. The quantitative estimate of drug-likeness (QED) is 0.748. The van der Waals surface area contributed by atoms with Gasteiger partial charge in [-0.3, -0.25) is 4.79 Å². The molecular weight excluding hydrogens is 366 g/mol. The largest absolute Gasteiger partial charge is 0.458 e. The van der Waals surface area contributed by atoms with Crippen LogP contribution in [-0.4, -0.2) is 39.9 Å². The highest BCUT2D eigenvalue weighted by Crippen LogP contribution is 2.59. The Morgan fingerprint density at radius 3 is 2.89 bits per heavy atom. The molecule has 0 radical (unpaired) electrons. The molecule has 6 nitrogen and oxygen atoms in total. The monoisotopic (exact) mass is 387 g/mol. The predicted molar refractivity (Wildman–Crippen MR) is 98.3 cm³/mol. The molecule has 1 saturated carbocycles. The molecule has 1 spiro atoms. The maximum absolute atomic E-state index is 13.0. The van der Waals surface area contributed by atoms with Crippen LogP contribution in [0.25, 0.3) is 0 Å². The average molecular weight is 387 g/mol. The van der Waals surface area contributed by atoms with Gasteiger partial charge in [-0.05, 0) is 49.3 Å². The van der Waals surface area contributed by atoms with Crippen LogP contribution in [0.2, 0.25) is 0 Å². The SMILES string of the molecule is C[C@H]1CC[C@@H]2[C@@H](OC(=O)C23CC(c2cccs2)=NO3)[C@]2(C)C(=O)C=C[C@@]12O. The Balaban J connectivity index is 1.56. The zero-order valence-electron chi connectivity index (χ0n) is 15.2. The van der Waals surface area contributed by atoms with E-state index in [1.54, 1.807) is 24.3 Å². The number of allylic oxidation sites excluding steroid dienone is 1. The van der Waals surface area contributed by atoms with Crippen molar-refractivity contribution in [3.8, 4) is 0 Å². The third-order valence-electron chi connectivity index (χ3n) is 7.16. The van der Waals surface area contributed by atoms with Gasteiger partial charge in [-0.15, -0.1) is 11.3 Å². The van der Waals surface area contributed by atoms with E-state index >= 15 is 0 Å². The second-order valence-electron chi connectivity index (χ2n) is 8.31. The molecule has 1 unspecified atom stereocenters. The van der Waals surface area contributed by atoms with Crippen molar-refractivity contribution < 1.29 is 24.3 Å². The van der Waals surface area contributed by atoms with Crippen molar-refractivity contribution in [2.45, 2.75) is 50.4 Å². The number of nitrogens with zero attached hydrogens (tertiary/aromatic N) is 1. The normalized spacial score (nSPS) is 45.3. The van der Waals surface area contributed by atoms with Crippen LogP contribution in [0.4, 0.5) is 0 Å². The van der Waals surface area contributed by atoms with Crippen LogP contribution in [0.1, 0.15) is 38.0 Å². The van der Waals surface area contributed by atoms with Crippen molar-refractivity contribution in [1.82, 2.24) is 0 Å². The molecule has 142 valence electrons. The summed E-state index contributed by atoms with van der Waals surface area (Å²) in [6.45, 7) is 3.66. The lowest BCUT2D eigenvalue weighted by atomic mass is 9.63. The summed E-state index contributed by atoms with van der Waals surface area (Å²) >= 11 is 1.54. The van der Waals surface area contributed by atoms with E-state index in [1.807, 2.05) is 24.4 Å². The highest BCUT2D eigenvalue weighted by atomic mass is 32.1. The first kappa shape index (κ1) is 17.1. The van der Waals surface area contributed by atoms with Crippen LogP contribution in [0, 0.1) is 17.3 Å². The fourth-order valence-corrected chi connectivity index (χ4v) is 6.08. The highest BCUT2D eigenvalue weighted by Gasteiger charge is 2.73. The summed E-state index contributed by atoms with van der Waals surface area (Å²) in [5, 5.41) is 17.6. The maximum Gasteiger partial charge on any atom is 0.354 e. The predicted octanol–water partition coefficient (Wildman–Crippen LogP) is 2.46. The lowest BCUT2D eigenvalue weighted by molar-refractivity contribution is -0.169. The minimum atomic E-state index is -1.33. The summed E-state index contributed by atoms with van der Waals surface area (Å²) in [5.74, 6) is -1.15. The molecule has 2 aliphatic carbocycles. The van der Waals surface area contributed by atoms with Gasteiger partial charge in [0, 0.05) is 6.42 Å². The number of fused-ring (bicyclic) bond motifs is 4. The molecule has 1 N–H and O–H groups in total. The molecule has 6 atom stereocenters. The van der Waals surface area contributed by atoms with Crippen molar-refractivity contribution >= 4 is 28.8 Å². The van der Waals surface area contributed by atoms with Gasteiger partial charge in [0.15, 0.2) is 5.78 Å². The molecule has 1 aromatic rings. The number of carbonyl (C=O) groups excluding carboxylic acids is 2. The smallest absolute Gasteiger partial charge is 0.354 e. The van der Waals surface area contributed by atoms with Crippen molar-refractivity contribution in [2.24, 2.45) is 22.4 Å². The van der Waals surface area contributed by atoms with Crippen LogP contribution in [0.3, 0.4) is 0 Å². The molecule has 1 aromatic heterocycles. The zero-order chi connectivity index (χ0) is 19.0. The van der Waals surface area contributed by atoms with E-state index in [9.17, 15) is 14.7 Å². The number of carbonyl (C=O) groups is 2. The molecule has 5 rings (SSSR count). The van der Waals surface area contributed by atoms with Crippen LogP contribution < -0.4 is 0 Å². The lowest BCUT2D eigenvalue weighted by Gasteiger charge is -2.43. The fourth-order valence-electron chi connectivity index (χ4n) is 5.37. The number of ether oxygens (including phenoxy) is 1. The highest BCUT2D eigenvalue weighted by molar-refractivity contribution is 7.12. The molecular formula is C20H21NO5S. The first-order valence-electron chi connectivity index (χ1n) is 9.29. The van der Waals surface area contributed by atoms with Gasteiger partial charge in [0.1, 0.15) is 22.8 Å². The molecule has 0 aromatic carbocycles. The first-order valence-corrected chi connectivity index (χ1v) is 10.2. The molecule has 0 amide bonds. The Morgan fingerprint density at radius 1 is 1.33 bits per heavy atom. The van der Waals surface area contributed by atoms with Gasteiger partial charge in [-0.2, -0.15) is 0 Å². The lowest BCUT2D eigenvalue weighted by Crippen LogP contribution is -2.57. The third-order valence-corrected chi connectivity index (χ3v) is 8.08. The summed E-state index contributed by atoms with van der Waals surface area (Å²) in [5.41, 5.74) is -3.01. The number of aliphatic hydroxyl groups is 1. The van der Waals surface area contributed by atoms with Crippen LogP contribution >= 0.6 is 11.3 Å². The minimum Gasteiger partial charge on any atom is -0.458 e. The minimum absolute atomic E-state index is 0.134. The number of thiophene rings is 1. The summed E-state index contributed by atoms with van der Waals surface area (Å²) in [7, 11) is 0. The standard InChI is InChI=1S/C20H21NO5S/c1-11-5-6-12-16(18(2)15(22)7-8-20(11,18)24)25-17(23)19(12)10-13(21-26-19)14-4-3-9-27-14/h3-4,7-9,11-12,16,24H,5-6,10H2,1-2H3/t11-,12+,16+,18-,19?,20+/m0/s1. The zero-order valence-corrected chi connectivity index (χ0v) is 16.0. The van der Waals surface area contributed by atoms with Crippen molar-refractivity contribution in [3.63, 3.8) is 0 Å². The molecule has 4 aliphatic rings. The molecule has 1 saturated heterocycles. The number of rotatable bonds is 1. The average Bonchev–Trinajstić information content (AvgIpc) is 3.39. The Morgan fingerprint density at radius 2 is 2.15 bits per heavy atom. The Kier molecular flexibility index (Phi) is 3.36. The van der Waals surface area contributed by atoms with Crippen LogP contribution in [0.5, 0.6) is 0 Å². The molecule has 0 bridgehead atoms. The van der Waals surface area contributed by atoms with Crippen molar-refractivity contribution in [3.05, 3.63) is 34.5 Å². The van der Waals surface area contributed by atoms with Crippen LogP contribution in [-0.2, 0) is 19.2 Å². The van der Waals surface area contributed by atoms with E-state index in [1.165, 1.54) is 6.08 Å². The summed E-state index contributed by atoms with van der Waals surface area (Å²) in [6, 6.07) is 3.88. The number of oxime groups is 1. The van der Waals surface area contributed by atoms with E-state index in [0.717, 1.165) is 10.6 Å². The summed E-state index contributed by atoms with van der Waals surface area (Å²) < 4.78 is 5.79. The van der Waals surface area contributed by atoms with Gasteiger partial charge in [0.2, 0.25) is 5.60 Å². The van der Waals surface area contributed by atoms with Gasteiger partial charge in [-0.25, -0.2) is 4.79 Å². The number of hydrogen-bond acceptors (Lipinski definition) is 7. The molecule has 27 heavy (non-hydrogen) atoms. The number of ketones is 1. The van der Waals surface area contributed by atoms with Crippen molar-refractivity contribution in [2.75, 3.05) is 0 Å². The summed E-state index contributed by atoms with van der Waals surface area (Å²) in [4.78, 5) is 32.6. The first-order chi connectivity index (χ1) is 12.8. The van der Waals surface area contributed by atoms with E-state index in [-0.39, 0.29) is 17.6 Å². The number of hydrogen-bond donors (Lipinski definition) is 1. The van der Waals surface area contributed by atoms with E-state index in [4.69, 9.17) is 9.57 Å². The van der Waals surface area contributed by atoms with E-state index < -0.39 is 28.7 Å². The topological polar surface area (TPSA) is 85.2 Å². The Bertz CT molecular complexity index is 892. The van der Waals surface area contributed by atoms with E-state index in [0.29, 0.717) is 19.3 Å². The van der Waals surface area contributed by atoms with Crippen molar-refractivity contribution in [1.29, 1.82) is 0 Å². The molecule has 7 heteroatoms. The van der Waals surface area contributed by atoms with Gasteiger partial charge in [0.25, 0.3) is 0 Å². The number of esters is 1. The van der Waals surface area contributed by atoms with Gasteiger partial charge in [-0.1, -0.05) is 18.1 Å². The Hall–Kier alpha value is -1.99. The fraction of sp³-hybridized carbons (Fsp3) is 0.550. The molecule has 2 aliphatic heterocycles. The Labute approximate surface area is 160 Å². The van der Waals surface area contributed by atoms with E-state index in [2.05, 4.69) is 5.16 Å².